The van der Waals surface area contributed by atoms with Gasteiger partial charge in [0.05, 0.1) is 17.5 Å². The molecule has 0 spiro atoms. The second-order valence-corrected chi connectivity index (χ2v) is 9.09. The van der Waals surface area contributed by atoms with Crippen molar-refractivity contribution in [2.24, 2.45) is 5.92 Å². The number of nitriles is 1. The molecular weight excluding hydrogens is 371 g/mol. The highest BCUT2D eigenvalue weighted by Gasteiger charge is 2.32. The molecule has 7 nitrogen and oxygen atoms in total. The predicted molar refractivity (Wildman–Crippen MR) is 98.6 cm³/mol. The SMILES string of the molecule is CC(C)[C@@](C)(C#N)NC(=O)CN1CCN(S(=O)(=O)c2ccc(F)cc2)CC1. The van der Waals surface area contributed by atoms with Crippen LogP contribution < -0.4 is 5.32 Å². The van der Waals surface area contributed by atoms with Crippen molar-refractivity contribution in [2.45, 2.75) is 31.2 Å². The van der Waals surface area contributed by atoms with Gasteiger partial charge in [-0.1, -0.05) is 13.8 Å². The molecule has 1 aromatic rings. The lowest BCUT2D eigenvalue weighted by Gasteiger charge is -2.34. The van der Waals surface area contributed by atoms with Gasteiger partial charge in [0.25, 0.3) is 0 Å². The Morgan fingerprint density at radius 1 is 1.26 bits per heavy atom. The van der Waals surface area contributed by atoms with Crippen molar-refractivity contribution >= 4 is 15.9 Å². The van der Waals surface area contributed by atoms with Crippen LogP contribution in [0.2, 0.25) is 0 Å². The maximum atomic E-state index is 13.0. The molecule has 1 fully saturated rings. The summed E-state index contributed by atoms with van der Waals surface area (Å²) in [6, 6.07) is 6.87. The third-order valence-corrected chi connectivity index (χ3v) is 6.85. The Bertz CT molecular complexity index is 812. The molecule has 0 aromatic heterocycles. The van der Waals surface area contributed by atoms with E-state index in [4.69, 9.17) is 0 Å². The molecule has 2 rings (SSSR count). The van der Waals surface area contributed by atoms with Crippen LogP contribution in [0.4, 0.5) is 4.39 Å². The Balaban J connectivity index is 1.92. The van der Waals surface area contributed by atoms with Crippen molar-refractivity contribution in [3.8, 4) is 6.07 Å². The quantitative estimate of drug-likeness (QED) is 0.780. The van der Waals surface area contributed by atoms with Crippen LogP contribution in [0.1, 0.15) is 20.8 Å². The zero-order valence-electron chi connectivity index (χ0n) is 15.8. The Morgan fingerprint density at radius 2 is 1.81 bits per heavy atom. The molecular formula is C18H25FN4O3S. The molecule has 1 aliphatic rings. The standard InChI is InChI=1S/C18H25FN4O3S/c1-14(2)18(3,13-20)21-17(24)12-22-8-10-23(11-9-22)27(25,26)16-6-4-15(19)5-7-16/h4-7,14H,8-12H2,1-3H3,(H,21,24)/t18-/m1/s1. The maximum absolute atomic E-state index is 13.0. The van der Waals surface area contributed by atoms with Crippen LogP contribution in [-0.2, 0) is 14.8 Å². The first-order valence-corrected chi connectivity index (χ1v) is 10.2. The van der Waals surface area contributed by atoms with Gasteiger partial charge in [-0.25, -0.2) is 12.8 Å². The summed E-state index contributed by atoms with van der Waals surface area (Å²) in [5, 5.41) is 12.0. The molecule has 1 saturated heterocycles. The van der Waals surface area contributed by atoms with Gasteiger partial charge in [0.15, 0.2) is 0 Å². The van der Waals surface area contributed by atoms with Gasteiger partial charge < -0.3 is 5.32 Å². The fraction of sp³-hybridized carbons (Fsp3) is 0.556. The third-order valence-electron chi connectivity index (χ3n) is 4.94. The summed E-state index contributed by atoms with van der Waals surface area (Å²) in [7, 11) is -3.68. The smallest absolute Gasteiger partial charge is 0.243 e. The zero-order valence-corrected chi connectivity index (χ0v) is 16.6. The Morgan fingerprint density at radius 3 is 2.30 bits per heavy atom. The average Bonchev–Trinajstić information content (AvgIpc) is 2.62. The lowest BCUT2D eigenvalue weighted by Crippen LogP contribution is -2.55. The highest BCUT2D eigenvalue weighted by Crippen LogP contribution is 2.18. The van der Waals surface area contributed by atoms with E-state index >= 15 is 0 Å². The summed E-state index contributed by atoms with van der Waals surface area (Å²) in [4.78, 5) is 14.2. The summed E-state index contributed by atoms with van der Waals surface area (Å²) in [5.74, 6) is -0.790. The molecule has 0 radical (unpaired) electrons. The molecule has 1 amide bonds. The van der Waals surface area contributed by atoms with E-state index in [0.29, 0.717) is 13.1 Å². The molecule has 1 atom stereocenters. The van der Waals surface area contributed by atoms with Gasteiger partial charge in [-0.15, -0.1) is 0 Å². The van der Waals surface area contributed by atoms with Crippen LogP contribution in [-0.4, -0.2) is 61.8 Å². The Hall–Kier alpha value is -2.02. The zero-order chi connectivity index (χ0) is 20.2. The monoisotopic (exact) mass is 396 g/mol. The van der Waals surface area contributed by atoms with Gasteiger partial charge in [-0.2, -0.15) is 9.57 Å². The molecule has 1 N–H and O–H groups in total. The van der Waals surface area contributed by atoms with Gasteiger partial charge >= 0.3 is 0 Å². The number of piperazine rings is 1. The second kappa shape index (κ2) is 8.33. The number of nitrogens with zero attached hydrogens (tertiary/aromatic N) is 3. The fourth-order valence-corrected chi connectivity index (χ4v) is 4.14. The first-order chi connectivity index (χ1) is 12.6. The third kappa shape index (κ3) is 5.03. The Labute approximate surface area is 159 Å². The van der Waals surface area contributed by atoms with Crippen molar-refractivity contribution in [2.75, 3.05) is 32.7 Å². The summed E-state index contributed by atoms with van der Waals surface area (Å²) in [5.41, 5.74) is -0.940. The van der Waals surface area contributed by atoms with E-state index in [1.807, 2.05) is 18.7 Å². The largest absolute Gasteiger partial charge is 0.337 e. The van der Waals surface area contributed by atoms with E-state index in [-0.39, 0.29) is 36.4 Å². The van der Waals surface area contributed by atoms with Crippen molar-refractivity contribution in [3.05, 3.63) is 30.1 Å². The second-order valence-electron chi connectivity index (χ2n) is 7.15. The van der Waals surface area contributed by atoms with E-state index < -0.39 is 21.4 Å². The number of hydrogen-bond acceptors (Lipinski definition) is 5. The van der Waals surface area contributed by atoms with E-state index in [1.165, 1.54) is 16.4 Å². The number of carbonyl (C=O) groups is 1. The lowest BCUT2D eigenvalue weighted by molar-refractivity contribution is -0.124. The number of carbonyl (C=O) groups excluding carboxylic acids is 1. The van der Waals surface area contributed by atoms with Crippen molar-refractivity contribution in [1.82, 2.24) is 14.5 Å². The van der Waals surface area contributed by atoms with Gasteiger partial charge in [0.1, 0.15) is 11.4 Å². The first-order valence-electron chi connectivity index (χ1n) is 8.79. The summed E-state index contributed by atoms with van der Waals surface area (Å²) >= 11 is 0. The van der Waals surface area contributed by atoms with Crippen LogP contribution >= 0.6 is 0 Å². The van der Waals surface area contributed by atoms with Crippen LogP contribution in [0.5, 0.6) is 0 Å². The molecule has 148 valence electrons. The highest BCUT2D eigenvalue weighted by atomic mass is 32.2. The maximum Gasteiger partial charge on any atom is 0.243 e. The predicted octanol–water partition coefficient (Wildman–Crippen LogP) is 1.19. The molecule has 0 aliphatic carbocycles. The lowest BCUT2D eigenvalue weighted by atomic mass is 9.90. The number of hydrogen-bond donors (Lipinski definition) is 1. The van der Waals surface area contributed by atoms with E-state index in [1.54, 1.807) is 6.92 Å². The van der Waals surface area contributed by atoms with Crippen LogP contribution in [0.25, 0.3) is 0 Å². The minimum absolute atomic E-state index is 0.0378. The molecule has 1 aliphatic heterocycles. The normalized spacial score (nSPS) is 18.7. The molecule has 27 heavy (non-hydrogen) atoms. The van der Waals surface area contributed by atoms with Crippen LogP contribution in [0.3, 0.4) is 0 Å². The van der Waals surface area contributed by atoms with Crippen LogP contribution in [0, 0.1) is 23.1 Å². The summed E-state index contributed by atoms with van der Waals surface area (Å²) < 4.78 is 39.5. The molecule has 0 saturated carbocycles. The molecule has 0 unspecified atom stereocenters. The number of halogens is 1. The van der Waals surface area contributed by atoms with Crippen LogP contribution in [0.15, 0.2) is 29.2 Å². The number of sulfonamides is 1. The number of benzene rings is 1. The van der Waals surface area contributed by atoms with Gasteiger partial charge in [0, 0.05) is 26.2 Å². The van der Waals surface area contributed by atoms with Gasteiger partial charge in [-0.05, 0) is 37.1 Å². The number of rotatable bonds is 6. The first kappa shape index (κ1) is 21.3. The molecule has 1 heterocycles. The average molecular weight is 396 g/mol. The fourth-order valence-electron chi connectivity index (χ4n) is 2.72. The van der Waals surface area contributed by atoms with E-state index in [2.05, 4.69) is 11.4 Å². The van der Waals surface area contributed by atoms with Crippen molar-refractivity contribution in [1.29, 1.82) is 5.26 Å². The van der Waals surface area contributed by atoms with Crippen molar-refractivity contribution in [3.63, 3.8) is 0 Å². The van der Waals surface area contributed by atoms with Gasteiger partial charge in [-0.3, -0.25) is 9.69 Å². The minimum Gasteiger partial charge on any atom is -0.337 e. The van der Waals surface area contributed by atoms with E-state index in [0.717, 1.165) is 12.1 Å². The van der Waals surface area contributed by atoms with E-state index in [9.17, 15) is 22.9 Å². The molecule has 1 aromatic carbocycles. The molecule has 9 heteroatoms. The summed E-state index contributed by atoms with van der Waals surface area (Å²) in [6.07, 6.45) is 0. The molecule has 0 bridgehead atoms. The Kier molecular flexibility index (Phi) is 6.57. The summed E-state index contributed by atoms with van der Waals surface area (Å²) in [6.45, 7) is 6.80. The topological polar surface area (TPSA) is 93.5 Å². The highest BCUT2D eigenvalue weighted by molar-refractivity contribution is 7.89. The number of amides is 1. The van der Waals surface area contributed by atoms with Crippen molar-refractivity contribution < 1.29 is 17.6 Å². The number of nitrogens with one attached hydrogen (secondary N) is 1. The minimum atomic E-state index is -3.68. The van der Waals surface area contributed by atoms with Gasteiger partial charge in [0.2, 0.25) is 15.9 Å².